The molecule has 3 aromatic rings. The molecule has 20 heavy (non-hydrogen) atoms. The normalized spacial score (nSPS) is 10.4. The van der Waals surface area contributed by atoms with E-state index >= 15 is 0 Å². The Hall–Kier alpha value is -2.51. The zero-order chi connectivity index (χ0) is 13.9. The molecule has 0 unspecified atom stereocenters. The number of benzene rings is 2. The van der Waals surface area contributed by atoms with Crippen LogP contribution in [0.5, 0.6) is 0 Å². The number of aromatic amines is 1. The van der Waals surface area contributed by atoms with Gasteiger partial charge in [0.1, 0.15) is 11.6 Å². The first-order valence-electron chi connectivity index (χ1n) is 6.13. The van der Waals surface area contributed by atoms with E-state index in [2.05, 4.69) is 21.4 Å². The minimum Gasteiger partial charge on any atom is -0.352 e. The molecule has 1 heterocycles. The van der Waals surface area contributed by atoms with Gasteiger partial charge in [-0.05, 0) is 29.8 Å². The van der Waals surface area contributed by atoms with Crippen LogP contribution < -0.4 is 5.32 Å². The molecule has 0 saturated heterocycles. The molecular weight excluding hydrogens is 272 g/mol. The fraction of sp³-hybridized carbons (Fsp3) is 0.0667. The van der Waals surface area contributed by atoms with Crippen molar-refractivity contribution in [3.05, 3.63) is 58.6 Å². The monoisotopic (exact) mass is 282 g/mol. The number of hydrogen-bond acceptors (Lipinski definition) is 3. The van der Waals surface area contributed by atoms with Crippen LogP contribution in [0.4, 0.5) is 5.95 Å². The van der Waals surface area contributed by atoms with Gasteiger partial charge in [0.2, 0.25) is 5.95 Å². The van der Waals surface area contributed by atoms with Gasteiger partial charge in [0.15, 0.2) is 0 Å². The molecule has 3 rings (SSSR count). The summed E-state index contributed by atoms with van der Waals surface area (Å²) in [5.41, 5.74) is 3.21. The first kappa shape index (κ1) is 12.5. The second-order valence-electron chi connectivity index (χ2n) is 4.38. The van der Waals surface area contributed by atoms with Crippen LogP contribution >= 0.6 is 11.6 Å². The maximum absolute atomic E-state index is 9.04. The van der Waals surface area contributed by atoms with Crippen LogP contribution in [0, 0.1) is 11.3 Å². The van der Waals surface area contributed by atoms with Crippen LogP contribution in [-0.4, -0.2) is 9.97 Å². The number of nitrogens with zero attached hydrogens (tertiary/aromatic N) is 2. The van der Waals surface area contributed by atoms with Crippen molar-refractivity contribution in [1.29, 1.82) is 5.26 Å². The number of halogens is 1. The van der Waals surface area contributed by atoms with Gasteiger partial charge in [0, 0.05) is 11.6 Å². The highest BCUT2D eigenvalue weighted by molar-refractivity contribution is 6.30. The number of fused-ring (bicyclic) bond motifs is 1. The van der Waals surface area contributed by atoms with Gasteiger partial charge in [0.25, 0.3) is 0 Å². The van der Waals surface area contributed by atoms with E-state index in [4.69, 9.17) is 16.9 Å². The molecule has 0 saturated carbocycles. The molecule has 0 spiro atoms. The molecule has 0 amide bonds. The zero-order valence-electron chi connectivity index (χ0n) is 10.5. The largest absolute Gasteiger partial charge is 0.352 e. The highest BCUT2D eigenvalue weighted by Crippen LogP contribution is 2.18. The van der Waals surface area contributed by atoms with E-state index in [0.717, 1.165) is 16.1 Å². The first-order valence-corrected chi connectivity index (χ1v) is 6.51. The minimum absolute atomic E-state index is 0.568. The SMILES string of the molecule is N#Cc1cccc2[nH]c(NCc3ccc(Cl)cc3)nc12. The highest BCUT2D eigenvalue weighted by atomic mass is 35.5. The Kier molecular flexibility index (Phi) is 3.28. The average molecular weight is 283 g/mol. The molecule has 0 bridgehead atoms. The minimum atomic E-state index is 0.568. The first-order chi connectivity index (χ1) is 9.76. The third kappa shape index (κ3) is 2.44. The quantitative estimate of drug-likeness (QED) is 0.770. The van der Waals surface area contributed by atoms with Crippen molar-refractivity contribution in [1.82, 2.24) is 9.97 Å². The molecule has 0 aliphatic rings. The summed E-state index contributed by atoms with van der Waals surface area (Å²) in [5, 5.41) is 13.0. The Labute approximate surface area is 121 Å². The standard InChI is InChI=1S/C15H11ClN4/c16-12-6-4-10(5-7-12)9-18-15-19-13-3-1-2-11(8-17)14(13)20-15/h1-7H,9H2,(H2,18,19,20). The molecule has 0 radical (unpaired) electrons. The third-order valence-electron chi connectivity index (χ3n) is 3.01. The summed E-state index contributed by atoms with van der Waals surface area (Å²) < 4.78 is 0. The summed E-state index contributed by atoms with van der Waals surface area (Å²) in [4.78, 5) is 7.55. The number of nitriles is 1. The van der Waals surface area contributed by atoms with Crippen LogP contribution in [0.25, 0.3) is 11.0 Å². The second kappa shape index (κ2) is 5.24. The molecule has 0 atom stereocenters. The smallest absolute Gasteiger partial charge is 0.201 e. The molecule has 1 aromatic heterocycles. The van der Waals surface area contributed by atoms with Crippen molar-refractivity contribution >= 4 is 28.6 Å². The van der Waals surface area contributed by atoms with Gasteiger partial charge in [-0.1, -0.05) is 29.8 Å². The van der Waals surface area contributed by atoms with E-state index in [1.54, 1.807) is 6.07 Å². The molecule has 2 aromatic carbocycles. The topological polar surface area (TPSA) is 64.5 Å². The van der Waals surface area contributed by atoms with Crippen LogP contribution in [0.15, 0.2) is 42.5 Å². The Balaban J connectivity index is 1.81. The fourth-order valence-corrected chi connectivity index (χ4v) is 2.12. The number of para-hydroxylation sites is 1. The van der Waals surface area contributed by atoms with Gasteiger partial charge in [-0.15, -0.1) is 0 Å². The van der Waals surface area contributed by atoms with Gasteiger partial charge in [-0.2, -0.15) is 5.26 Å². The zero-order valence-corrected chi connectivity index (χ0v) is 11.3. The van der Waals surface area contributed by atoms with Crippen molar-refractivity contribution in [2.24, 2.45) is 0 Å². The van der Waals surface area contributed by atoms with Gasteiger partial charge in [0.05, 0.1) is 11.1 Å². The molecule has 5 heteroatoms. The predicted molar refractivity (Wildman–Crippen MR) is 79.6 cm³/mol. The van der Waals surface area contributed by atoms with Crippen molar-refractivity contribution in [3.63, 3.8) is 0 Å². The fourth-order valence-electron chi connectivity index (χ4n) is 1.99. The predicted octanol–water partition coefficient (Wildman–Crippen LogP) is 3.70. The molecule has 0 fully saturated rings. The lowest BCUT2D eigenvalue weighted by molar-refractivity contribution is 1.10. The summed E-state index contributed by atoms with van der Waals surface area (Å²) in [6.07, 6.45) is 0. The maximum atomic E-state index is 9.04. The molecule has 4 nitrogen and oxygen atoms in total. The number of rotatable bonds is 3. The van der Waals surface area contributed by atoms with E-state index in [0.29, 0.717) is 23.6 Å². The summed E-state index contributed by atoms with van der Waals surface area (Å²) in [6, 6.07) is 15.2. The molecular formula is C15H11ClN4. The van der Waals surface area contributed by atoms with Crippen molar-refractivity contribution in [3.8, 4) is 6.07 Å². The van der Waals surface area contributed by atoms with Gasteiger partial charge >= 0.3 is 0 Å². The lowest BCUT2D eigenvalue weighted by Gasteiger charge is -2.02. The van der Waals surface area contributed by atoms with Crippen LogP contribution in [0.2, 0.25) is 5.02 Å². The van der Waals surface area contributed by atoms with Gasteiger partial charge in [-0.25, -0.2) is 4.98 Å². The lowest BCUT2D eigenvalue weighted by atomic mass is 10.2. The average Bonchev–Trinajstić information content (AvgIpc) is 2.89. The number of aromatic nitrogens is 2. The lowest BCUT2D eigenvalue weighted by Crippen LogP contribution is -2.00. The third-order valence-corrected chi connectivity index (χ3v) is 3.26. The van der Waals surface area contributed by atoms with E-state index in [1.165, 1.54) is 0 Å². The Morgan fingerprint density at radius 2 is 2.00 bits per heavy atom. The number of H-pyrrole nitrogens is 1. The van der Waals surface area contributed by atoms with Crippen LogP contribution in [-0.2, 0) is 6.54 Å². The van der Waals surface area contributed by atoms with E-state index in [1.807, 2.05) is 36.4 Å². The second-order valence-corrected chi connectivity index (χ2v) is 4.82. The number of nitrogens with one attached hydrogen (secondary N) is 2. The summed E-state index contributed by atoms with van der Waals surface area (Å²) in [7, 11) is 0. The molecule has 0 aliphatic carbocycles. The van der Waals surface area contributed by atoms with Gasteiger partial charge in [-0.3, -0.25) is 0 Å². The molecule has 98 valence electrons. The van der Waals surface area contributed by atoms with E-state index in [-0.39, 0.29) is 0 Å². The Morgan fingerprint density at radius 1 is 1.20 bits per heavy atom. The van der Waals surface area contributed by atoms with Crippen molar-refractivity contribution < 1.29 is 0 Å². The van der Waals surface area contributed by atoms with Crippen LogP contribution in [0.3, 0.4) is 0 Å². The Morgan fingerprint density at radius 3 is 2.75 bits per heavy atom. The van der Waals surface area contributed by atoms with Gasteiger partial charge < -0.3 is 10.3 Å². The van der Waals surface area contributed by atoms with Crippen molar-refractivity contribution in [2.45, 2.75) is 6.54 Å². The maximum Gasteiger partial charge on any atom is 0.201 e. The summed E-state index contributed by atoms with van der Waals surface area (Å²) in [5.74, 6) is 0.651. The van der Waals surface area contributed by atoms with Crippen LogP contribution in [0.1, 0.15) is 11.1 Å². The van der Waals surface area contributed by atoms with Crippen molar-refractivity contribution in [2.75, 3.05) is 5.32 Å². The van der Waals surface area contributed by atoms with E-state index in [9.17, 15) is 0 Å². The van der Waals surface area contributed by atoms with E-state index < -0.39 is 0 Å². The number of imidazole rings is 1. The highest BCUT2D eigenvalue weighted by Gasteiger charge is 2.06. The Bertz CT molecular complexity index is 784. The number of anilines is 1. The molecule has 2 N–H and O–H groups in total. The summed E-state index contributed by atoms with van der Waals surface area (Å²) in [6.45, 7) is 0.638. The molecule has 0 aliphatic heterocycles. The number of hydrogen-bond donors (Lipinski definition) is 2. The summed E-state index contributed by atoms with van der Waals surface area (Å²) >= 11 is 5.85.